The second-order valence-electron chi connectivity index (χ2n) is 4.83. The highest BCUT2D eigenvalue weighted by Gasteiger charge is 2.43. The van der Waals surface area contributed by atoms with E-state index in [1.54, 1.807) is 0 Å². The lowest BCUT2D eigenvalue weighted by Crippen LogP contribution is -2.48. The Labute approximate surface area is 107 Å². The first-order chi connectivity index (χ1) is 8.26. The van der Waals surface area contributed by atoms with E-state index in [4.69, 9.17) is 4.79 Å². The fourth-order valence-corrected chi connectivity index (χ4v) is 2.90. The number of aldehydes is 1. The fraction of sp³-hybridized carbons (Fsp3) is 0.800. The molecule has 1 spiro atoms. The zero-order valence-electron chi connectivity index (χ0n) is 11.8. The molecule has 2 nitrogen and oxygen atoms in total. The second-order valence-corrected chi connectivity index (χ2v) is 4.83. The molecule has 0 aromatic rings. The van der Waals surface area contributed by atoms with E-state index in [0.717, 1.165) is 11.5 Å². The third-order valence-corrected chi connectivity index (χ3v) is 3.78. The van der Waals surface area contributed by atoms with Crippen molar-refractivity contribution in [3.8, 4) is 0 Å². The summed E-state index contributed by atoms with van der Waals surface area (Å²) < 4.78 is 0. The monoisotopic (exact) mass is 239 g/mol. The minimum Gasteiger partial charge on any atom is -0.317 e. The predicted octanol–water partition coefficient (Wildman–Crippen LogP) is 3.72. The van der Waals surface area contributed by atoms with Gasteiger partial charge in [0.25, 0.3) is 0 Å². The van der Waals surface area contributed by atoms with Crippen molar-refractivity contribution < 1.29 is 4.79 Å². The SMILES string of the molecule is C=CC=O.CC.CNC1CC2(CCCCC2)C1. The van der Waals surface area contributed by atoms with Crippen molar-refractivity contribution in [2.75, 3.05) is 7.05 Å². The van der Waals surface area contributed by atoms with Crippen LogP contribution in [-0.2, 0) is 4.79 Å². The van der Waals surface area contributed by atoms with Gasteiger partial charge in [-0.05, 0) is 44.2 Å². The first-order valence-electron chi connectivity index (χ1n) is 7.00. The summed E-state index contributed by atoms with van der Waals surface area (Å²) >= 11 is 0. The van der Waals surface area contributed by atoms with Crippen molar-refractivity contribution in [1.29, 1.82) is 0 Å². The molecule has 0 unspecified atom stereocenters. The molecule has 2 aliphatic rings. The van der Waals surface area contributed by atoms with E-state index in [0.29, 0.717) is 6.29 Å². The van der Waals surface area contributed by atoms with Crippen molar-refractivity contribution in [3.05, 3.63) is 12.7 Å². The van der Waals surface area contributed by atoms with Crippen molar-refractivity contribution in [3.63, 3.8) is 0 Å². The molecule has 0 atom stereocenters. The lowest BCUT2D eigenvalue weighted by molar-refractivity contribution is -0.104. The van der Waals surface area contributed by atoms with Crippen molar-refractivity contribution in [1.82, 2.24) is 5.32 Å². The van der Waals surface area contributed by atoms with E-state index in [9.17, 15) is 0 Å². The van der Waals surface area contributed by atoms with Gasteiger partial charge < -0.3 is 5.32 Å². The molecule has 0 aromatic heterocycles. The average Bonchev–Trinajstić information content (AvgIpc) is 2.39. The smallest absolute Gasteiger partial charge is 0.142 e. The zero-order chi connectivity index (χ0) is 13.1. The van der Waals surface area contributed by atoms with Crippen LogP contribution in [0.1, 0.15) is 58.8 Å². The van der Waals surface area contributed by atoms with Gasteiger partial charge in [0.15, 0.2) is 0 Å². The fourth-order valence-electron chi connectivity index (χ4n) is 2.90. The summed E-state index contributed by atoms with van der Waals surface area (Å²) in [5, 5.41) is 3.37. The maximum Gasteiger partial charge on any atom is 0.142 e. The largest absolute Gasteiger partial charge is 0.317 e. The molecule has 0 aliphatic heterocycles. The Hall–Kier alpha value is -0.630. The summed E-state index contributed by atoms with van der Waals surface area (Å²) in [5.74, 6) is 0. The third-order valence-electron chi connectivity index (χ3n) is 3.78. The lowest BCUT2D eigenvalue weighted by Gasteiger charge is -2.50. The molecule has 100 valence electrons. The molecular weight excluding hydrogens is 210 g/mol. The molecule has 0 amide bonds. The van der Waals surface area contributed by atoms with E-state index in [-0.39, 0.29) is 0 Å². The molecule has 2 heteroatoms. The van der Waals surface area contributed by atoms with Crippen LogP contribution in [0.3, 0.4) is 0 Å². The van der Waals surface area contributed by atoms with Crippen LogP contribution >= 0.6 is 0 Å². The van der Waals surface area contributed by atoms with Gasteiger partial charge in [0, 0.05) is 6.04 Å². The van der Waals surface area contributed by atoms with Crippen molar-refractivity contribution >= 4 is 6.29 Å². The van der Waals surface area contributed by atoms with Crippen LogP contribution in [-0.4, -0.2) is 19.4 Å². The summed E-state index contributed by atoms with van der Waals surface area (Å²) in [6.45, 7) is 7.11. The number of carbonyl (C=O) groups excluding carboxylic acids is 1. The number of nitrogens with one attached hydrogen (secondary N) is 1. The molecule has 2 saturated carbocycles. The predicted molar refractivity (Wildman–Crippen MR) is 75.2 cm³/mol. The highest BCUT2D eigenvalue weighted by atomic mass is 16.1. The summed E-state index contributed by atoms with van der Waals surface area (Å²) in [5.41, 5.74) is 0.811. The van der Waals surface area contributed by atoms with Gasteiger partial charge in [-0.25, -0.2) is 0 Å². The van der Waals surface area contributed by atoms with Crippen LogP contribution in [0.4, 0.5) is 0 Å². The van der Waals surface area contributed by atoms with Gasteiger partial charge in [0.05, 0.1) is 0 Å². The van der Waals surface area contributed by atoms with Gasteiger partial charge in [0.1, 0.15) is 6.29 Å². The molecule has 1 N–H and O–H groups in total. The highest BCUT2D eigenvalue weighted by Crippen LogP contribution is 2.51. The maximum absolute atomic E-state index is 9.06. The minimum absolute atomic E-state index is 0.639. The standard InChI is InChI=1S/C10H19N.C3H4O.C2H6/c1-11-9-7-10(8-9)5-3-2-4-6-10;1-2-3-4;1-2/h9,11H,2-8H2,1H3;2-3H,1H2;1-2H3. The van der Waals surface area contributed by atoms with E-state index >= 15 is 0 Å². The van der Waals surface area contributed by atoms with Gasteiger partial charge in [0.2, 0.25) is 0 Å². The summed E-state index contributed by atoms with van der Waals surface area (Å²) in [4.78, 5) is 9.06. The van der Waals surface area contributed by atoms with Crippen LogP contribution in [0.25, 0.3) is 0 Å². The highest BCUT2D eigenvalue weighted by molar-refractivity contribution is 5.63. The van der Waals surface area contributed by atoms with E-state index < -0.39 is 0 Å². The molecule has 0 radical (unpaired) electrons. The van der Waals surface area contributed by atoms with Crippen LogP contribution in [0.2, 0.25) is 0 Å². The Morgan fingerprint density at radius 1 is 1.18 bits per heavy atom. The topological polar surface area (TPSA) is 29.1 Å². The van der Waals surface area contributed by atoms with Gasteiger partial charge in [-0.15, -0.1) is 0 Å². The molecule has 2 rings (SSSR count). The zero-order valence-corrected chi connectivity index (χ0v) is 11.8. The molecule has 0 heterocycles. The number of allylic oxidation sites excluding steroid dienone is 1. The summed E-state index contributed by atoms with van der Waals surface area (Å²) in [7, 11) is 2.10. The third kappa shape index (κ3) is 5.49. The van der Waals surface area contributed by atoms with Gasteiger partial charge in [-0.3, -0.25) is 4.79 Å². The first-order valence-corrected chi connectivity index (χ1v) is 7.00. The van der Waals surface area contributed by atoms with E-state index in [1.165, 1.54) is 51.0 Å². The van der Waals surface area contributed by atoms with Crippen LogP contribution in [0, 0.1) is 5.41 Å². The van der Waals surface area contributed by atoms with E-state index in [1.807, 2.05) is 13.8 Å². The minimum atomic E-state index is 0.639. The first kappa shape index (κ1) is 16.4. The second kappa shape index (κ2) is 9.41. The molecule has 0 saturated heterocycles. The summed E-state index contributed by atoms with van der Waals surface area (Å²) in [6, 6.07) is 0.855. The van der Waals surface area contributed by atoms with Gasteiger partial charge in [-0.2, -0.15) is 0 Å². The molecule has 2 aliphatic carbocycles. The van der Waals surface area contributed by atoms with Crippen molar-refractivity contribution in [2.45, 2.75) is 64.8 Å². The Balaban J connectivity index is 0.000000368. The van der Waals surface area contributed by atoms with Crippen LogP contribution in [0.5, 0.6) is 0 Å². The molecule has 2 fully saturated rings. The maximum atomic E-state index is 9.06. The van der Waals surface area contributed by atoms with E-state index in [2.05, 4.69) is 18.9 Å². The van der Waals surface area contributed by atoms with Crippen LogP contribution < -0.4 is 5.32 Å². The average molecular weight is 239 g/mol. The molecule has 0 bridgehead atoms. The molecule has 17 heavy (non-hydrogen) atoms. The normalized spacial score (nSPS) is 21.1. The molecule has 0 aromatic carbocycles. The molecular formula is C15H29NO. The Kier molecular flexibility index (Phi) is 9.06. The van der Waals surface area contributed by atoms with Gasteiger partial charge in [-0.1, -0.05) is 39.7 Å². The number of hydrogen-bond acceptors (Lipinski definition) is 2. The quantitative estimate of drug-likeness (QED) is 0.588. The Morgan fingerprint density at radius 2 is 1.65 bits per heavy atom. The summed E-state index contributed by atoms with van der Waals surface area (Å²) in [6.07, 6.45) is 12.3. The van der Waals surface area contributed by atoms with Crippen molar-refractivity contribution in [2.24, 2.45) is 5.41 Å². The van der Waals surface area contributed by atoms with Gasteiger partial charge >= 0.3 is 0 Å². The number of rotatable bonds is 2. The Morgan fingerprint density at radius 3 is 2.00 bits per heavy atom. The number of hydrogen-bond donors (Lipinski definition) is 1. The number of carbonyl (C=O) groups is 1. The van der Waals surface area contributed by atoms with Crippen LogP contribution in [0.15, 0.2) is 12.7 Å². The Bertz CT molecular complexity index is 193. The lowest BCUT2D eigenvalue weighted by atomic mass is 9.58.